The number of benzene rings is 2. The molecule has 32 heavy (non-hydrogen) atoms. The van der Waals surface area contributed by atoms with Crippen LogP contribution in [-0.2, 0) is 0 Å². The fourth-order valence-corrected chi connectivity index (χ4v) is 4.96. The summed E-state index contributed by atoms with van der Waals surface area (Å²) in [5.74, 6) is 0.0882. The maximum atomic E-state index is 12.9. The Bertz CT molecular complexity index is 1330. The lowest BCUT2D eigenvalue weighted by Gasteiger charge is -2.12. The lowest BCUT2D eigenvalue weighted by molar-refractivity contribution is 0.0912. The van der Waals surface area contributed by atoms with Gasteiger partial charge in [-0.15, -0.1) is 0 Å². The van der Waals surface area contributed by atoms with Crippen molar-refractivity contribution in [2.24, 2.45) is 5.92 Å². The molecule has 0 aliphatic heterocycles. The van der Waals surface area contributed by atoms with Crippen LogP contribution < -0.4 is 0 Å². The van der Waals surface area contributed by atoms with Crippen LogP contribution in [0.2, 0.25) is 10.0 Å². The van der Waals surface area contributed by atoms with Gasteiger partial charge in [-0.1, -0.05) is 87.1 Å². The standard InChI is InChI=1S/C25H19Br2Cl2NO2/c1-12(2)23(31)24-21(13(3)26)19-11-18(14-4-7-16(28)8-5-14)22(30-25(19)32-24)17-9-6-15(27)10-20(17)29/h4-13H,1-3H3. The number of Topliss-reactive ketones (excluding diaryl/α,β-unsaturated/α-hetero) is 1. The largest absolute Gasteiger partial charge is 0.434 e. The lowest BCUT2D eigenvalue weighted by Crippen LogP contribution is -2.08. The molecule has 0 fully saturated rings. The summed E-state index contributed by atoms with van der Waals surface area (Å²) in [4.78, 5) is 17.7. The number of fused-ring (bicyclic) bond motifs is 1. The van der Waals surface area contributed by atoms with Gasteiger partial charge >= 0.3 is 0 Å². The van der Waals surface area contributed by atoms with Crippen molar-refractivity contribution in [2.45, 2.75) is 25.6 Å². The van der Waals surface area contributed by atoms with Gasteiger partial charge in [0, 0.05) is 42.3 Å². The van der Waals surface area contributed by atoms with E-state index in [0.29, 0.717) is 27.2 Å². The summed E-state index contributed by atoms with van der Waals surface area (Å²) in [5, 5.41) is 2.00. The van der Waals surface area contributed by atoms with Gasteiger partial charge in [0.25, 0.3) is 0 Å². The van der Waals surface area contributed by atoms with Crippen LogP contribution in [0.1, 0.15) is 41.7 Å². The molecule has 0 bridgehead atoms. The second-order valence-corrected chi connectivity index (χ2v) is 11.0. The quantitative estimate of drug-likeness (QED) is 0.170. The van der Waals surface area contributed by atoms with E-state index >= 15 is 0 Å². The normalized spacial score (nSPS) is 12.5. The van der Waals surface area contributed by atoms with Crippen LogP contribution in [0.4, 0.5) is 0 Å². The minimum absolute atomic E-state index is 0.0550. The van der Waals surface area contributed by atoms with Gasteiger partial charge in [0.05, 0.1) is 10.7 Å². The summed E-state index contributed by atoms with van der Waals surface area (Å²) in [7, 11) is 0. The predicted octanol–water partition coefficient (Wildman–Crippen LogP) is 9.53. The van der Waals surface area contributed by atoms with E-state index in [1.54, 1.807) is 0 Å². The molecule has 0 amide bonds. The van der Waals surface area contributed by atoms with Gasteiger partial charge in [-0.25, -0.2) is 4.98 Å². The number of nitrogens with zero attached hydrogens (tertiary/aromatic N) is 1. The minimum atomic E-state index is -0.198. The molecule has 0 N–H and O–H groups in total. The number of hydrogen-bond acceptors (Lipinski definition) is 3. The molecule has 164 valence electrons. The topological polar surface area (TPSA) is 43.1 Å². The van der Waals surface area contributed by atoms with Gasteiger partial charge in [0.15, 0.2) is 5.76 Å². The Morgan fingerprint density at radius 2 is 1.69 bits per heavy atom. The average molecular weight is 596 g/mol. The van der Waals surface area contributed by atoms with E-state index in [4.69, 9.17) is 32.6 Å². The number of carbonyl (C=O) groups is 1. The molecule has 1 unspecified atom stereocenters. The molecule has 0 aliphatic carbocycles. The number of halogens is 4. The first-order valence-corrected chi connectivity index (χ1v) is 12.5. The summed E-state index contributed by atoms with van der Waals surface area (Å²) in [6.45, 7) is 5.69. The van der Waals surface area contributed by atoms with Crippen LogP contribution in [0.5, 0.6) is 0 Å². The minimum Gasteiger partial charge on any atom is -0.434 e. The van der Waals surface area contributed by atoms with Crippen molar-refractivity contribution in [2.75, 3.05) is 0 Å². The van der Waals surface area contributed by atoms with Crippen molar-refractivity contribution in [3.05, 3.63) is 74.4 Å². The van der Waals surface area contributed by atoms with Gasteiger partial charge in [-0.05, 0) is 42.8 Å². The third kappa shape index (κ3) is 4.41. The molecule has 0 spiro atoms. The van der Waals surface area contributed by atoms with Gasteiger partial charge in [0.2, 0.25) is 11.5 Å². The number of aromatic nitrogens is 1. The number of ketones is 1. The smallest absolute Gasteiger partial charge is 0.227 e. The zero-order valence-corrected chi connectivity index (χ0v) is 22.2. The van der Waals surface area contributed by atoms with E-state index in [9.17, 15) is 4.79 Å². The highest BCUT2D eigenvalue weighted by Gasteiger charge is 2.27. The molecule has 2 aromatic heterocycles. The van der Waals surface area contributed by atoms with Crippen LogP contribution in [-0.4, -0.2) is 10.8 Å². The Kier molecular flexibility index (Phi) is 6.83. The third-order valence-electron chi connectivity index (χ3n) is 5.21. The van der Waals surface area contributed by atoms with E-state index in [0.717, 1.165) is 32.1 Å². The summed E-state index contributed by atoms with van der Waals surface area (Å²) in [6, 6.07) is 15.2. The summed E-state index contributed by atoms with van der Waals surface area (Å²) >= 11 is 19.8. The zero-order valence-electron chi connectivity index (χ0n) is 17.5. The summed E-state index contributed by atoms with van der Waals surface area (Å²) in [5.41, 5.74) is 4.45. The first-order valence-electron chi connectivity index (χ1n) is 10.0. The van der Waals surface area contributed by atoms with Crippen molar-refractivity contribution in [3.63, 3.8) is 0 Å². The molecular weight excluding hydrogens is 577 g/mol. The molecule has 1 atom stereocenters. The first-order chi connectivity index (χ1) is 15.2. The molecule has 4 rings (SSSR count). The van der Waals surface area contributed by atoms with Crippen molar-refractivity contribution in [3.8, 4) is 22.4 Å². The number of alkyl halides is 1. The van der Waals surface area contributed by atoms with Crippen LogP contribution >= 0.6 is 55.1 Å². The Labute approximate surface area is 213 Å². The van der Waals surface area contributed by atoms with Gasteiger partial charge < -0.3 is 4.42 Å². The molecule has 2 heterocycles. The molecule has 7 heteroatoms. The van der Waals surface area contributed by atoms with E-state index in [2.05, 4.69) is 31.9 Å². The van der Waals surface area contributed by atoms with Crippen LogP contribution in [0, 0.1) is 5.92 Å². The zero-order chi connectivity index (χ0) is 23.2. The van der Waals surface area contributed by atoms with Gasteiger partial charge in [-0.3, -0.25) is 4.79 Å². The molecule has 0 aliphatic rings. The van der Waals surface area contributed by atoms with Gasteiger partial charge in [-0.2, -0.15) is 0 Å². The fraction of sp³-hybridized carbons (Fsp3) is 0.200. The SMILES string of the molecule is CC(C)C(=O)c1oc2nc(-c3ccc(Br)cc3Cl)c(-c3ccc(Cl)cc3)cc2c1C(C)Br. The van der Waals surface area contributed by atoms with Crippen molar-refractivity contribution in [1.82, 2.24) is 4.98 Å². The highest BCUT2D eigenvalue weighted by Crippen LogP contribution is 2.42. The van der Waals surface area contributed by atoms with Crippen LogP contribution in [0.3, 0.4) is 0 Å². The number of rotatable bonds is 5. The average Bonchev–Trinajstić information content (AvgIpc) is 3.11. The fourth-order valence-electron chi connectivity index (χ4n) is 3.62. The summed E-state index contributed by atoms with van der Waals surface area (Å²) in [6.07, 6.45) is 0. The molecule has 0 saturated heterocycles. The molecule has 2 aromatic carbocycles. The van der Waals surface area contributed by atoms with E-state index in [1.165, 1.54) is 0 Å². The lowest BCUT2D eigenvalue weighted by atomic mass is 9.96. The van der Waals surface area contributed by atoms with E-state index in [1.807, 2.05) is 69.3 Å². The molecule has 4 aromatic rings. The molecular formula is C25H19Br2Cl2NO2. The first kappa shape index (κ1) is 23.5. The van der Waals surface area contributed by atoms with Crippen LogP contribution in [0.15, 0.2) is 57.4 Å². The van der Waals surface area contributed by atoms with Crippen molar-refractivity contribution in [1.29, 1.82) is 0 Å². The van der Waals surface area contributed by atoms with E-state index in [-0.39, 0.29) is 16.5 Å². The molecule has 0 radical (unpaired) electrons. The van der Waals surface area contributed by atoms with Crippen molar-refractivity contribution < 1.29 is 9.21 Å². The van der Waals surface area contributed by atoms with Crippen molar-refractivity contribution >= 4 is 71.9 Å². The highest BCUT2D eigenvalue weighted by atomic mass is 79.9. The Morgan fingerprint density at radius 1 is 1.00 bits per heavy atom. The number of furan rings is 1. The summed E-state index contributed by atoms with van der Waals surface area (Å²) < 4.78 is 6.93. The third-order valence-corrected chi connectivity index (χ3v) is 6.72. The maximum absolute atomic E-state index is 12.9. The van der Waals surface area contributed by atoms with Crippen LogP contribution in [0.25, 0.3) is 33.5 Å². The number of carbonyl (C=O) groups excluding carboxylic acids is 1. The monoisotopic (exact) mass is 593 g/mol. The number of hydrogen-bond donors (Lipinski definition) is 0. The second-order valence-electron chi connectivity index (χ2n) is 7.85. The number of pyridine rings is 1. The predicted molar refractivity (Wildman–Crippen MR) is 139 cm³/mol. The Balaban J connectivity index is 2.08. The molecule has 0 saturated carbocycles. The van der Waals surface area contributed by atoms with Gasteiger partial charge in [0.1, 0.15) is 0 Å². The molecule has 3 nitrogen and oxygen atoms in total. The Morgan fingerprint density at radius 3 is 2.28 bits per heavy atom. The second kappa shape index (κ2) is 9.30. The highest BCUT2D eigenvalue weighted by molar-refractivity contribution is 9.10. The Hall–Kier alpha value is -1.66. The van der Waals surface area contributed by atoms with E-state index < -0.39 is 0 Å². The maximum Gasteiger partial charge on any atom is 0.227 e.